The van der Waals surface area contributed by atoms with E-state index in [9.17, 15) is 18.0 Å². The first-order valence-electron chi connectivity index (χ1n) is 14.4. The number of benzene rings is 4. The summed E-state index contributed by atoms with van der Waals surface area (Å²) < 4.78 is 56.9. The smallest absolute Gasteiger partial charge is 0.416 e. The third kappa shape index (κ3) is 7.46. The number of halogens is 3. The topological polar surface area (TPSA) is 89.4 Å². The monoisotopic (exact) mass is 618 g/mol. The van der Waals surface area contributed by atoms with Gasteiger partial charge in [-0.05, 0) is 65.2 Å². The molecule has 7 nitrogen and oxygen atoms in total. The number of aliphatic hydroxyl groups is 1. The van der Waals surface area contributed by atoms with Crippen LogP contribution in [-0.2, 0) is 28.7 Å². The number of aliphatic hydroxyl groups excluding tert-OH is 1. The lowest BCUT2D eigenvalue weighted by molar-refractivity contribution is -0.137. The Morgan fingerprint density at radius 3 is 2.33 bits per heavy atom. The quantitative estimate of drug-likeness (QED) is 0.182. The lowest BCUT2D eigenvalue weighted by Crippen LogP contribution is -2.49. The molecule has 1 amide bonds. The van der Waals surface area contributed by atoms with Crippen LogP contribution in [0, 0.1) is 0 Å². The summed E-state index contributed by atoms with van der Waals surface area (Å²) in [5, 5.41) is 12.0. The summed E-state index contributed by atoms with van der Waals surface area (Å²) in [4.78, 5) is 19.3. The predicted molar refractivity (Wildman–Crippen MR) is 163 cm³/mol. The van der Waals surface area contributed by atoms with E-state index in [0.717, 1.165) is 17.7 Å². The number of carbonyl (C=O) groups is 1. The highest BCUT2D eigenvalue weighted by atomic mass is 19.4. The van der Waals surface area contributed by atoms with Crippen molar-refractivity contribution in [3.05, 3.63) is 131 Å². The van der Waals surface area contributed by atoms with E-state index in [1.807, 2.05) is 36.4 Å². The minimum Gasteiger partial charge on any atom is -0.497 e. The molecule has 45 heavy (non-hydrogen) atoms. The number of nitrogens with one attached hydrogen (secondary N) is 1. The molecule has 0 saturated heterocycles. The number of hydrogen-bond donors (Lipinski definition) is 2. The van der Waals surface area contributed by atoms with Crippen LogP contribution in [0.5, 0.6) is 11.5 Å². The van der Waals surface area contributed by atoms with Gasteiger partial charge in [0.2, 0.25) is 5.90 Å². The van der Waals surface area contributed by atoms with Crippen LogP contribution in [0.4, 0.5) is 13.2 Å². The minimum atomic E-state index is -4.46. The van der Waals surface area contributed by atoms with Crippen LogP contribution in [0.2, 0.25) is 0 Å². The number of amides is 1. The van der Waals surface area contributed by atoms with Crippen LogP contribution in [0.25, 0.3) is 0 Å². The van der Waals surface area contributed by atoms with Crippen molar-refractivity contribution in [2.24, 2.45) is 4.99 Å². The van der Waals surface area contributed by atoms with Gasteiger partial charge in [0, 0.05) is 31.6 Å². The second-order valence-electron chi connectivity index (χ2n) is 10.6. The molecule has 0 bridgehead atoms. The number of rotatable bonds is 12. The van der Waals surface area contributed by atoms with Gasteiger partial charge in [0.15, 0.2) is 11.6 Å². The van der Waals surface area contributed by atoms with Crippen molar-refractivity contribution in [3.8, 4) is 11.5 Å². The molecular weight excluding hydrogens is 585 g/mol. The highest BCUT2D eigenvalue weighted by Crippen LogP contribution is 2.43. The fraction of sp³-hybridized carbons (Fsp3) is 0.257. The van der Waals surface area contributed by atoms with E-state index in [-0.39, 0.29) is 25.5 Å². The number of ether oxygens (including phenoxy) is 3. The summed E-state index contributed by atoms with van der Waals surface area (Å²) in [6.45, 7) is 0.381. The van der Waals surface area contributed by atoms with Crippen LogP contribution in [-0.4, -0.2) is 42.8 Å². The van der Waals surface area contributed by atoms with Gasteiger partial charge in [0.25, 0.3) is 5.91 Å². The summed E-state index contributed by atoms with van der Waals surface area (Å²) in [7, 11) is 1.55. The molecule has 2 atom stereocenters. The summed E-state index contributed by atoms with van der Waals surface area (Å²) in [6, 6.07) is 28.4. The normalized spacial score (nSPS) is 17.7. The zero-order valence-corrected chi connectivity index (χ0v) is 24.6. The first-order valence-corrected chi connectivity index (χ1v) is 14.4. The van der Waals surface area contributed by atoms with Crippen molar-refractivity contribution in [1.29, 1.82) is 0 Å². The molecule has 5 rings (SSSR count). The minimum absolute atomic E-state index is 0.0108. The van der Waals surface area contributed by atoms with E-state index in [1.165, 1.54) is 12.1 Å². The van der Waals surface area contributed by atoms with E-state index >= 15 is 0 Å². The molecule has 1 aliphatic heterocycles. The Morgan fingerprint density at radius 1 is 0.933 bits per heavy atom. The van der Waals surface area contributed by atoms with E-state index in [4.69, 9.17) is 24.3 Å². The molecule has 234 valence electrons. The van der Waals surface area contributed by atoms with E-state index in [2.05, 4.69) is 5.32 Å². The van der Waals surface area contributed by atoms with Crippen molar-refractivity contribution >= 4 is 11.8 Å². The second-order valence-corrected chi connectivity index (χ2v) is 10.6. The molecule has 0 aromatic heterocycles. The maximum absolute atomic E-state index is 14.3. The molecule has 4 aromatic rings. The summed E-state index contributed by atoms with van der Waals surface area (Å²) >= 11 is 0. The van der Waals surface area contributed by atoms with Gasteiger partial charge in [-0.1, -0.05) is 54.6 Å². The molecule has 0 spiro atoms. The zero-order chi connectivity index (χ0) is 31.9. The fourth-order valence-electron chi connectivity index (χ4n) is 5.14. The molecule has 10 heteroatoms. The SMILES string of the molecule is COc1cccc([C@H]2OC(c3ccc(OCCCO)cc3)=N[C@@]2(Cc2ccccc2)C(=O)NCc2ccc(C(F)(F)F)cc2)c1. The van der Waals surface area contributed by atoms with Crippen molar-refractivity contribution < 1.29 is 37.3 Å². The number of nitrogens with zero attached hydrogens (tertiary/aromatic N) is 1. The van der Waals surface area contributed by atoms with E-state index in [0.29, 0.717) is 41.2 Å². The van der Waals surface area contributed by atoms with E-state index in [1.54, 1.807) is 49.6 Å². The van der Waals surface area contributed by atoms with Gasteiger partial charge >= 0.3 is 6.18 Å². The van der Waals surface area contributed by atoms with Crippen LogP contribution in [0.1, 0.15) is 40.3 Å². The molecule has 1 aliphatic rings. The number of aliphatic imine (C=N–C) groups is 1. The maximum Gasteiger partial charge on any atom is 0.416 e. The van der Waals surface area contributed by atoms with Gasteiger partial charge in [-0.3, -0.25) is 4.79 Å². The van der Waals surface area contributed by atoms with Crippen LogP contribution in [0.3, 0.4) is 0 Å². The third-order valence-electron chi connectivity index (χ3n) is 7.48. The van der Waals surface area contributed by atoms with Crippen molar-refractivity contribution in [2.45, 2.75) is 37.2 Å². The molecule has 0 radical (unpaired) electrons. The molecule has 4 aromatic carbocycles. The van der Waals surface area contributed by atoms with Gasteiger partial charge in [0.1, 0.15) is 11.5 Å². The summed E-state index contributed by atoms with van der Waals surface area (Å²) in [6.07, 6.45) is -4.64. The molecule has 0 fully saturated rings. The molecule has 0 saturated carbocycles. The Balaban J connectivity index is 1.53. The molecule has 0 unspecified atom stereocenters. The Kier molecular flexibility index (Phi) is 9.73. The highest BCUT2D eigenvalue weighted by Gasteiger charge is 2.53. The van der Waals surface area contributed by atoms with Gasteiger partial charge in [-0.25, -0.2) is 4.99 Å². The second kappa shape index (κ2) is 13.9. The Morgan fingerprint density at radius 2 is 1.67 bits per heavy atom. The first kappa shape index (κ1) is 31.6. The molecule has 2 N–H and O–H groups in total. The van der Waals surface area contributed by atoms with Gasteiger partial charge < -0.3 is 24.6 Å². The fourth-order valence-corrected chi connectivity index (χ4v) is 5.14. The number of alkyl halides is 3. The van der Waals surface area contributed by atoms with Gasteiger partial charge in [0.05, 0.1) is 19.3 Å². The lowest BCUT2D eigenvalue weighted by Gasteiger charge is -2.31. The maximum atomic E-state index is 14.3. The van der Waals surface area contributed by atoms with Crippen LogP contribution < -0.4 is 14.8 Å². The predicted octanol–water partition coefficient (Wildman–Crippen LogP) is 6.29. The lowest BCUT2D eigenvalue weighted by atomic mass is 9.82. The number of hydrogen-bond acceptors (Lipinski definition) is 6. The van der Waals surface area contributed by atoms with Gasteiger partial charge in [-0.2, -0.15) is 13.2 Å². The number of methoxy groups -OCH3 is 1. The highest BCUT2D eigenvalue weighted by molar-refractivity contribution is 6.01. The molecule has 0 aliphatic carbocycles. The van der Waals surface area contributed by atoms with Crippen LogP contribution in [0.15, 0.2) is 108 Å². The molecular formula is C35H33F3N2O5. The van der Waals surface area contributed by atoms with Crippen LogP contribution >= 0.6 is 0 Å². The summed E-state index contributed by atoms with van der Waals surface area (Å²) in [5.74, 6) is 0.996. The first-order chi connectivity index (χ1) is 21.7. The third-order valence-corrected chi connectivity index (χ3v) is 7.48. The van der Waals surface area contributed by atoms with Gasteiger partial charge in [-0.15, -0.1) is 0 Å². The van der Waals surface area contributed by atoms with Crippen molar-refractivity contribution in [1.82, 2.24) is 5.32 Å². The average molecular weight is 619 g/mol. The number of carbonyl (C=O) groups excluding carboxylic acids is 1. The average Bonchev–Trinajstić information content (AvgIpc) is 3.44. The zero-order valence-electron chi connectivity index (χ0n) is 24.6. The summed E-state index contributed by atoms with van der Waals surface area (Å²) in [5.41, 5.74) is 0.394. The van der Waals surface area contributed by atoms with Crippen molar-refractivity contribution in [2.75, 3.05) is 20.3 Å². The Labute approximate surface area is 259 Å². The largest absolute Gasteiger partial charge is 0.497 e. The Bertz CT molecular complexity index is 1610. The standard InChI is InChI=1S/C35H33F3N2O5/c1-43-30-10-5-9-27(21-30)31-34(22-24-7-3-2-4-8-24,33(42)39-23-25-11-15-28(16-12-25)35(36,37)38)40-32(45-31)26-13-17-29(18-14-26)44-20-6-19-41/h2-5,7-18,21,31,41H,6,19-20,22-23H2,1H3,(H,39,42)/t31-,34-/m1/s1. The molecule has 1 heterocycles. The van der Waals surface area contributed by atoms with E-state index < -0.39 is 29.3 Å². The van der Waals surface area contributed by atoms with Crippen molar-refractivity contribution in [3.63, 3.8) is 0 Å². The Hall–Kier alpha value is -4.83.